The van der Waals surface area contributed by atoms with Crippen molar-refractivity contribution in [2.45, 2.75) is 26.8 Å². The molecule has 0 aromatic heterocycles. The van der Waals surface area contributed by atoms with E-state index in [9.17, 15) is 0 Å². The molecule has 1 atom stereocenters. The lowest BCUT2D eigenvalue weighted by atomic mass is 10.1. The molecule has 4 nitrogen and oxygen atoms in total. The van der Waals surface area contributed by atoms with Gasteiger partial charge in [0.1, 0.15) is 11.5 Å². The highest BCUT2D eigenvalue weighted by Crippen LogP contribution is 2.29. The molecule has 112 valence electrons. The molecule has 0 saturated carbocycles. The number of hydrogen-bond donors (Lipinski definition) is 2. The summed E-state index contributed by atoms with van der Waals surface area (Å²) in [6.45, 7) is 7.18. The number of hydrogen-bond acceptors (Lipinski definition) is 3. The van der Waals surface area contributed by atoms with Crippen LogP contribution in [-0.4, -0.2) is 25.9 Å². The predicted octanol–water partition coefficient (Wildman–Crippen LogP) is 2.88. The maximum absolute atomic E-state index is 5.39. The van der Waals surface area contributed by atoms with Gasteiger partial charge in [-0.2, -0.15) is 0 Å². The van der Waals surface area contributed by atoms with Crippen molar-refractivity contribution in [2.24, 2.45) is 5.92 Å². The SMILES string of the molecule is COc1ccc(OC)c(C(C)NC(=S)NCC(C)C)c1. The summed E-state index contributed by atoms with van der Waals surface area (Å²) in [5, 5.41) is 7.11. The molecule has 0 saturated heterocycles. The third kappa shape index (κ3) is 4.89. The largest absolute Gasteiger partial charge is 0.497 e. The van der Waals surface area contributed by atoms with E-state index in [1.54, 1.807) is 14.2 Å². The Morgan fingerprint density at radius 2 is 1.90 bits per heavy atom. The minimum Gasteiger partial charge on any atom is -0.497 e. The molecule has 1 rings (SSSR count). The third-order valence-corrected chi connectivity index (χ3v) is 3.18. The number of thiocarbonyl (C=S) groups is 1. The van der Waals surface area contributed by atoms with Gasteiger partial charge in [-0.1, -0.05) is 13.8 Å². The molecule has 0 fully saturated rings. The average molecular weight is 296 g/mol. The van der Waals surface area contributed by atoms with E-state index in [1.807, 2.05) is 25.1 Å². The molecule has 20 heavy (non-hydrogen) atoms. The van der Waals surface area contributed by atoms with Gasteiger partial charge in [0.25, 0.3) is 0 Å². The van der Waals surface area contributed by atoms with E-state index in [2.05, 4.69) is 24.5 Å². The Hall–Kier alpha value is -1.49. The van der Waals surface area contributed by atoms with Gasteiger partial charge in [-0.25, -0.2) is 0 Å². The van der Waals surface area contributed by atoms with Crippen LogP contribution in [0.5, 0.6) is 11.5 Å². The summed E-state index contributed by atoms with van der Waals surface area (Å²) in [6, 6.07) is 5.77. The zero-order valence-electron chi connectivity index (χ0n) is 12.8. The molecule has 0 heterocycles. The average Bonchev–Trinajstić information content (AvgIpc) is 2.44. The first-order chi connectivity index (χ1) is 9.47. The number of benzene rings is 1. The van der Waals surface area contributed by atoms with Crippen molar-refractivity contribution in [1.29, 1.82) is 0 Å². The van der Waals surface area contributed by atoms with Crippen LogP contribution in [0.4, 0.5) is 0 Å². The van der Waals surface area contributed by atoms with E-state index in [0.717, 1.165) is 23.6 Å². The van der Waals surface area contributed by atoms with Gasteiger partial charge in [0.15, 0.2) is 5.11 Å². The van der Waals surface area contributed by atoms with Gasteiger partial charge in [-0.05, 0) is 43.3 Å². The topological polar surface area (TPSA) is 42.5 Å². The molecular weight excluding hydrogens is 272 g/mol. The smallest absolute Gasteiger partial charge is 0.166 e. The van der Waals surface area contributed by atoms with Crippen LogP contribution in [0.1, 0.15) is 32.4 Å². The number of nitrogens with one attached hydrogen (secondary N) is 2. The van der Waals surface area contributed by atoms with Crippen molar-refractivity contribution in [1.82, 2.24) is 10.6 Å². The maximum atomic E-state index is 5.39. The van der Waals surface area contributed by atoms with Gasteiger partial charge in [0, 0.05) is 12.1 Å². The summed E-state index contributed by atoms with van der Waals surface area (Å²) < 4.78 is 10.6. The molecule has 0 bridgehead atoms. The van der Waals surface area contributed by atoms with Gasteiger partial charge in [0.05, 0.1) is 20.3 Å². The van der Waals surface area contributed by atoms with Gasteiger partial charge in [0.2, 0.25) is 0 Å². The summed E-state index contributed by atoms with van der Waals surface area (Å²) in [4.78, 5) is 0. The predicted molar refractivity (Wildman–Crippen MR) is 86.5 cm³/mol. The van der Waals surface area contributed by atoms with Crippen LogP contribution in [0.3, 0.4) is 0 Å². The second-order valence-corrected chi connectivity index (χ2v) is 5.49. The van der Waals surface area contributed by atoms with E-state index in [0.29, 0.717) is 11.0 Å². The minimum atomic E-state index is 0.0345. The Morgan fingerprint density at radius 3 is 2.45 bits per heavy atom. The maximum Gasteiger partial charge on any atom is 0.166 e. The minimum absolute atomic E-state index is 0.0345. The van der Waals surface area contributed by atoms with Crippen LogP contribution < -0.4 is 20.1 Å². The van der Waals surface area contributed by atoms with E-state index in [4.69, 9.17) is 21.7 Å². The van der Waals surface area contributed by atoms with E-state index in [-0.39, 0.29) is 6.04 Å². The fraction of sp³-hybridized carbons (Fsp3) is 0.533. The Bertz CT molecular complexity index is 449. The first-order valence-corrected chi connectivity index (χ1v) is 7.15. The number of methoxy groups -OCH3 is 2. The van der Waals surface area contributed by atoms with Crippen LogP contribution in [0, 0.1) is 5.92 Å². The van der Waals surface area contributed by atoms with Crippen molar-refractivity contribution in [2.75, 3.05) is 20.8 Å². The van der Waals surface area contributed by atoms with Crippen LogP contribution in [0.2, 0.25) is 0 Å². The number of rotatable bonds is 6. The molecule has 1 aromatic carbocycles. The Balaban J connectivity index is 2.75. The standard InChI is InChI=1S/C15H24N2O2S/c1-10(2)9-16-15(20)17-11(3)13-8-12(18-4)6-7-14(13)19-5/h6-8,10-11H,9H2,1-5H3,(H2,16,17,20). The van der Waals surface area contributed by atoms with E-state index >= 15 is 0 Å². The molecule has 5 heteroatoms. The fourth-order valence-electron chi connectivity index (χ4n) is 1.80. The summed E-state index contributed by atoms with van der Waals surface area (Å²) >= 11 is 5.30. The fourth-order valence-corrected chi connectivity index (χ4v) is 2.06. The third-order valence-electron chi connectivity index (χ3n) is 2.92. The zero-order chi connectivity index (χ0) is 15.1. The first kappa shape index (κ1) is 16.6. The highest BCUT2D eigenvalue weighted by Gasteiger charge is 2.13. The lowest BCUT2D eigenvalue weighted by molar-refractivity contribution is 0.395. The monoisotopic (exact) mass is 296 g/mol. The van der Waals surface area contributed by atoms with Crippen molar-refractivity contribution in [3.63, 3.8) is 0 Å². The lowest BCUT2D eigenvalue weighted by Crippen LogP contribution is -2.38. The van der Waals surface area contributed by atoms with Gasteiger partial charge in [-0.15, -0.1) is 0 Å². The Morgan fingerprint density at radius 1 is 1.20 bits per heavy atom. The molecule has 1 unspecified atom stereocenters. The van der Waals surface area contributed by atoms with Crippen LogP contribution in [0.25, 0.3) is 0 Å². The van der Waals surface area contributed by atoms with E-state index in [1.165, 1.54) is 0 Å². The Labute approximate surface area is 126 Å². The highest BCUT2D eigenvalue weighted by molar-refractivity contribution is 7.80. The molecule has 1 aromatic rings. The molecule has 0 aliphatic heterocycles. The first-order valence-electron chi connectivity index (χ1n) is 6.74. The molecular formula is C15H24N2O2S. The molecule has 0 spiro atoms. The van der Waals surface area contributed by atoms with Gasteiger partial charge >= 0.3 is 0 Å². The molecule has 0 aliphatic carbocycles. The van der Waals surface area contributed by atoms with Crippen LogP contribution in [-0.2, 0) is 0 Å². The van der Waals surface area contributed by atoms with Crippen LogP contribution in [0.15, 0.2) is 18.2 Å². The molecule has 0 radical (unpaired) electrons. The second kappa shape index (κ2) is 7.94. The number of ether oxygens (including phenoxy) is 2. The normalized spacial score (nSPS) is 11.9. The highest BCUT2D eigenvalue weighted by atomic mass is 32.1. The van der Waals surface area contributed by atoms with Gasteiger partial charge in [-0.3, -0.25) is 0 Å². The zero-order valence-corrected chi connectivity index (χ0v) is 13.6. The summed E-state index contributed by atoms with van der Waals surface area (Å²) in [5.41, 5.74) is 1.01. The van der Waals surface area contributed by atoms with Crippen molar-refractivity contribution >= 4 is 17.3 Å². The van der Waals surface area contributed by atoms with Crippen molar-refractivity contribution in [3.05, 3.63) is 23.8 Å². The summed E-state index contributed by atoms with van der Waals surface area (Å²) in [7, 11) is 3.31. The lowest BCUT2D eigenvalue weighted by Gasteiger charge is -2.20. The molecule has 2 N–H and O–H groups in total. The van der Waals surface area contributed by atoms with Gasteiger partial charge < -0.3 is 20.1 Å². The Kier molecular flexibility index (Phi) is 6.58. The molecule has 0 aliphatic rings. The van der Waals surface area contributed by atoms with Crippen molar-refractivity contribution < 1.29 is 9.47 Å². The quantitative estimate of drug-likeness (QED) is 0.790. The van der Waals surface area contributed by atoms with Crippen LogP contribution >= 0.6 is 12.2 Å². The molecule has 0 amide bonds. The summed E-state index contributed by atoms with van der Waals surface area (Å²) in [5.74, 6) is 2.17. The second-order valence-electron chi connectivity index (χ2n) is 5.08. The van der Waals surface area contributed by atoms with Crippen molar-refractivity contribution in [3.8, 4) is 11.5 Å². The summed E-state index contributed by atoms with van der Waals surface area (Å²) in [6.07, 6.45) is 0. The van der Waals surface area contributed by atoms with E-state index < -0.39 is 0 Å².